The van der Waals surface area contributed by atoms with Gasteiger partial charge in [-0.3, -0.25) is 4.79 Å². The largest absolute Gasteiger partial charge is 0.326 e. The zero-order chi connectivity index (χ0) is 17.2. The van der Waals surface area contributed by atoms with Crippen LogP contribution in [-0.4, -0.2) is 15.0 Å². The van der Waals surface area contributed by atoms with E-state index in [1.54, 1.807) is 6.07 Å². The van der Waals surface area contributed by atoms with Gasteiger partial charge in [-0.15, -0.1) is 0 Å². The number of aromatic nitrogens is 3. The number of benzene rings is 2. The lowest BCUT2D eigenvalue weighted by Crippen LogP contribution is -2.06. The van der Waals surface area contributed by atoms with Crippen molar-refractivity contribution in [2.24, 2.45) is 5.73 Å². The number of fused-ring (bicyclic) bond motifs is 1. The van der Waals surface area contributed by atoms with E-state index in [-0.39, 0.29) is 5.56 Å². The summed E-state index contributed by atoms with van der Waals surface area (Å²) in [6, 6.07) is 20.9. The van der Waals surface area contributed by atoms with Crippen LogP contribution in [0.5, 0.6) is 0 Å². The molecule has 0 aliphatic rings. The number of nitrogens with zero attached hydrogens (tertiary/aromatic N) is 2. The third kappa shape index (κ3) is 2.93. The average molecular weight is 328 g/mol. The molecule has 0 atom stereocenters. The van der Waals surface area contributed by atoms with E-state index in [0.29, 0.717) is 17.7 Å². The van der Waals surface area contributed by atoms with Crippen LogP contribution in [0, 0.1) is 0 Å². The number of hydrogen-bond donors (Lipinski definition) is 2. The summed E-state index contributed by atoms with van der Waals surface area (Å²) >= 11 is 0. The highest BCUT2D eigenvalue weighted by Crippen LogP contribution is 2.30. The van der Waals surface area contributed by atoms with Crippen molar-refractivity contribution in [2.75, 3.05) is 0 Å². The molecule has 3 N–H and O–H groups in total. The van der Waals surface area contributed by atoms with Gasteiger partial charge in [-0.05, 0) is 11.6 Å². The second kappa shape index (κ2) is 6.30. The SMILES string of the molecule is NCc1ccc(-c2nc3ccc(=O)[nH]c3nc2-c2ccccc2)cc1. The summed E-state index contributed by atoms with van der Waals surface area (Å²) in [7, 11) is 0. The lowest BCUT2D eigenvalue weighted by Gasteiger charge is -2.10. The molecule has 4 rings (SSSR count). The first-order valence-corrected chi connectivity index (χ1v) is 8.00. The van der Waals surface area contributed by atoms with Crippen LogP contribution in [0.3, 0.4) is 0 Å². The molecule has 2 heterocycles. The van der Waals surface area contributed by atoms with E-state index < -0.39 is 0 Å². The smallest absolute Gasteiger partial charge is 0.249 e. The Hall–Kier alpha value is -3.31. The average Bonchev–Trinajstić information content (AvgIpc) is 2.68. The first-order chi connectivity index (χ1) is 12.2. The highest BCUT2D eigenvalue weighted by molar-refractivity contribution is 5.84. The molecule has 0 radical (unpaired) electrons. The Kier molecular flexibility index (Phi) is 3.84. The number of rotatable bonds is 3. The molecule has 0 unspecified atom stereocenters. The van der Waals surface area contributed by atoms with Gasteiger partial charge in [-0.2, -0.15) is 0 Å². The molecule has 0 saturated carbocycles. The van der Waals surface area contributed by atoms with Crippen LogP contribution in [0.15, 0.2) is 71.5 Å². The summed E-state index contributed by atoms with van der Waals surface area (Å²) in [5.74, 6) is 0. The lowest BCUT2D eigenvalue weighted by atomic mass is 10.0. The van der Waals surface area contributed by atoms with Crippen LogP contribution < -0.4 is 11.3 Å². The van der Waals surface area contributed by atoms with Crippen molar-refractivity contribution in [1.29, 1.82) is 0 Å². The normalized spacial score (nSPS) is 10.9. The van der Waals surface area contributed by atoms with Crippen molar-refractivity contribution < 1.29 is 0 Å². The van der Waals surface area contributed by atoms with Gasteiger partial charge in [0.15, 0.2) is 5.65 Å². The van der Waals surface area contributed by atoms with Crippen molar-refractivity contribution >= 4 is 11.2 Å². The summed E-state index contributed by atoms with van der Waals surface area (Å²) in [6.45, 7) is 0.496. The highest BCUT2D eigenvalue weighted by atomic mass is 16.1. The van der Waals surface area contributed by atoms with E-state index in [9.17, 15) is 4.79 Å². The molecule has 0 aliphatic carbocycles. The Morgan fingerprint density at radius 1 is 0.800 bits per heavy atom. The number of hydrogen-bond acceptors (Lipinski definition) is 4. The summed E-state index contributed by atoms with van der Waals surface area (Å²) in [6.07, 6.45) is 0. The minimum absolute atomic E-state index is 0.194. The zero-order valence-electron chi connectivity index (χ0n) is 13.4. The van der Waals surface area contributed by atoms with E-state index in [1.807, 2.05) is 54.6 Å². The Labute approximate surface area is 144 Å². The van der Waals surface area contributed by atoms with Crippen LogP contribution in [0.1, 0.15) is 5.56 Å². The molecule has 0 fully saturated rings. The molecule has 5 heteroatoms. The summed E-state index contributed by atoms with van der Waals surface area (Å²) < 4.78 is 0. The third-order valence-electron chi connectivity index (χ3n) is 4.07. The monoisotopic (exact) mass is 328 g/mol. The molecule has 4 aromatic rings. The van der Waals surface area contributed by atoms with Crippen molar-refractivity contribution in [3.8, 4) is 22.5 Å². The first-order valence-electron chi connectivity index (χ1n) is 8.00. The number of pyridine rings is 1. The van der Waals surface area contributed by atoms with Crippen LogP contribution in [0.4, 0.5) is 0 Å². The van der Waals surface area contributed by atoms with Gasteiger partial charge < -0.3 is 10.7 Å². The van der Waals surface area contributed by atoms with Crippen LogP contribution in [-0.2, 0) is 6.54 Å². The molecule has 0 saturated heterocycles. The van der Waals surface area contributed by atoms with Crippen molar-refractivity contribution in [1.82, 2.24) is 15.0 Å². The van der Waals surface area contributed by atoms with Crippen LogP contribution in [0.2, 0.25) is 0 Å². The fraction of sp³-hybridized carbons (Fsp3) is 0.0500. The number of H-pyrrole nitrogens is 1. The predicted molar refractivity (Wildman–Crippen MR) is 98.9 cm³/mol. The maximum Gasteiger partial charge on any atom is 0.249 e. The number of aromatic amines is 1. The second-order valence-corrected chi connectivity index (χ2v) is 5.74. The van der Waals surface area contributed by atoms with Crippen LogP contribution in [0.25, 0.3) is 33.7 Å². The zero-order valence-corrected chi connectivity index (χ0v) is 13.4. The lowest BCUT2D eigenvalue weighted by molar-refractivity contribution is 1.07. The van der Waals surface area contributed by atoms with E-state index in [2.05, 4.69) is 9.97 Å². The Morgan fingerprint density at radius 2 is 1.48 bits per heavy atom. The molecule has 25 heavy (non-hydrogen) atoms. The molecule has 0 bridgehead atoms. The molecule has 5 nitrogen and oxygen atoms in total. The predicted octanol–water partition coefficient (Wildman–Crippen LogP) is 3.11. The summed E-state index contributed by atoms with van der Waals surface area (Å²) in [5, 5.41) is 0. The Morgan fingerprint density at radius 3 is 2.20 bits per heavy atom. The van der Waals surface area contributed by atoms with Crippen molar-refractivity contribution in [3.05, 3.63) is 82.6 Å². The first kappa shape index (κ1) is 15.2. The Balaban J connectivity index is 1.99. The van der Waals surface area contributed by atoms with Gasteiger partial charge in [0.1, 0.15) is 5.52 Å². The van der Waals surface area contributed by atoms with E-state index in [4.69, 9.17) is 10.7 Å². The van der Waals surface area contributed by atoms with Gasteiger partial charge in [0.2, 0.25) is 5.56 Å². The quantitative estimate of drug-likeness (QED) is 0.605. The molecule has 0 aliphatic heterocycles. The molecule has 2 aromatic carbocycles. The molecule has 122 valence electrons. The molecular weight excluding hydrogens is 312 g/mol. The molecule has 2 aromatic heterocycles. The Bertz CT molecular complexity index is 1090. The van der Waals surface area contributed by atoms with Crippen LogP contribution >= 0.6 is 0 Å². The maximum absolute atomic E-state index is 11.6. The minimum atomic E-state index is -0.194. The van der Waals surface area contributed by atoms with Gasteiger partial charge in [0.25, 0.3) is 0 Å². The summed E-state index contributed by atoms with van der Waals surface area (Å²) in [4.78, 5) is 23.8. The topological polar surface area (TPSA) is 84.7 Å². The van der Waals surface area contributed by atoms with Gasteiger partial charge in [0, 0.05) is 23.7 Å². The van der Waals surface area contributed by atoms with E-state index in [0.717, 1.165) is 28.1 Å². The number of nitrogens with one attached hydrogen (secondary N) is 1. The molecule has 0 amide bonds. The number of nitrogens with two attached hydrogens (primary N) is 1. The van der Waals surface area contributed by atoms with Gasteiger partial charge in [-0.25, -0.2) is 9.97 Å². The highest BCUT2D eigenvalue weighted by Gasteiger charge is 2.13. The maximum atomic E-state index is 11.6. The van der Waals surface area contributed by atoms with Gasteiger partial charge >= 0.3 is 0 Å². The fourth-order valence-electron chi connectivity index (χ4n) is 2.77. The molecular formula is C20H16N4O. The van der Waals surface area contributed by atoms with E-state index >= 15 is 0 Å². The third-order valence-corrected chi connectivity index (χ3v) is 4.07. The van der Waals surface area contributed by atoms with Crippen molar-refractivity contribution in [3.63, 3.8) is 0 Å². The van der Waals surface area contributed by atoms with Gasteiger partial charge in [0.05, 0.1) is 11.4 Å². The van der Waals surface area contributed by atoms with Crippen molar-refractivity contribution in [2.45, 2.75) is 6.54 Å². The minimum Gasteiger partial charge on any atom is -0.326 e. The fourth-order valence-corrected chi connectivity index (χ4v) is 2.77. The summed E-state index contributed by atoms with van der Waals surface area (Å²) in [5.41, 5.74) is 11.1. The van der Waals surface area contributed by atoms with Gasteiger partial charge in [-0.1, -0.05) is 54.6 Å². The second-order valence-electron chi connectivity index (χ2n) is 5.74. The van der Waals surface area contributed by atoms with E-state index in [1.165, 1.54) is 6.07 Å². The molecule has 0 spiro atoms. The standard InChI is InChI=1S/C20H16N4O/c21-12-13-6-8-15(9-7-13)18-19(14-4-2-1-3-5-14)24-20-16(22-18)10-11-17(25)23-20/h1-11H,12,21H2,(H,23,24,25).